The van der Waals surface area contributed by atoms with Gasteiger partial charge in [-0.1, -0.05) is 13.8 Å². The highest BCUT2D eigenvalue weighted by molar-refractivity contribution is 5.20. The largest absolute Gasteiger partial charge is 0.474 e. The monoisotopic (exact) mass is 248 g/mol. The summed E-state index contributed by atoms with van der Waals surface area (Å²) >= 11 is 0. The van der Waals surface area contributed by atoms with Gasteiger partial charge in [-0.15, -0.1) is 0 Å². The summed E-state index contributed by atoms with van der Waals surface area (Å²) in [5.74, 6) is 2.35. The molecule has 0 amide bonds. The summed E-state index contributed by atoms with van der Waals surface area (Å²) in [6.07, 6.45) is 5.75. The molecule has 3 atom stereocenters. The van der Waals surface area contributed by atoms with E-state index in [9.17, 15) is 0 Å². The number of nitrogens with one attached hydrogen (secondary N) is 1. The van der Waals surface area contributed by atoms with Gasteiger partial charge in [0.25, 0.3) is 0 Å². The van der Waals surface area contributed by atoms with Gasteiger partial charge in [-0.2, -0.15) is 0 Å². The second-order valence-electron chi connectivity index (χ2n) is 5.54. The summed E-state index contributed by atoms with van der Waals surface area (Å²) in [7, 11) is 1.95. The van der Waals surface area contributed by atoms with Crippen molar-refractivity contribution in [2.45, 2.75) is 45.8 Å². The normalized spacial score (nSPS) is 28.1. The summed E-state index contributed by atoms with van der Waals surface area (Å²) in [5.41, 5.74) is 1.22. The second-order valence-corrected chi connectivity index (χ2v) is 5.54. The lowest BCUT2D eigenvalue weighted by atomic mass is 9.80. The molecule has 0 aliphatic heterocycles. The third-order valence-electron chi connectivity index (χ3n) is 4.02. The third-order valence-corrected chi connectivity index (χ3v) is 4.02. The van der Waals surface area contributed by atoms with Gasteiger partial charge < -0.3 is 10.1 Å². The van der Waals surface area contributed by atoms with Crippen LogP contribution >= 0.6 is 0 Å². The number of aromatic nitrogens is 1. The number of hydrogen-bond acceptors (Lipinski definition) is 3. The molecule has 1 aliphatic rings. The average Bonchev–Trinajstić information content (AvgIpc) is 2.35. The minimum atomic E-state index is 0.341. The standard InChI is InChI=1S/C15H24N2O/c1-11-4-5-14(8-12(11)2)18-15-9-13(10-16-3)6-7-17-15/h6-7,9,11-12,14,16H,4-5,8,10H2,1-3H3. The van der Waals surface area contributed by atoms with E-state index in [1.54, 1.807) is 0 Å². The molecule has 1 saturated carbocycles. The highest BCUT2D eigenvalue weighted by atomic mass is 16.5. The predicted octanol–water partition coefficient (Wildman–Crippen LogP) is 3.00. The first-order valence-corrected chi connectivity index (χ1v) is 6.95. The highest BCUT2D eigenvalue weighted by Crippen LogP contribution is 2.31. The van der Waals surface area contributed by atoms with Gasteiger partial charge in [-0.05, 0) is 49.8 Å². The Balaban J connectivity index is 1.94. The van der Waals surface area contributed by atoms with Crippen LogP contribution < -0.4 is 10.1 Å². The summed E-state index contributed by atoms with van der Waals surface area (Å²) < 4.78 is 6.02. The molecule has 0 aromatic carbocycles. The smallest absolute Gasteiger partial charge is 0.213 e. The molecule has 3 nitrogen and oxygen atoms in total. The van der Waals surface area contributed by atoms with E-state index in [1.807, 2.05) is 25.4 Å². The molecule has 0 spiro atoms. The van der Waals surface area contributed by atoms with Crippen LogP contribution in [0.2, 0.25) is 0 Å². The van der Waals surface area contributed by atoms with E-state index in [1.165, 1.54) is 12.0 Å². The summed E-state index contributed by atoms with van der Waals surface area (Å²) in [5, 5.41) is 3.14. The topological polar surface area (TPSA) is 34.2 Å². The lowest BCUT2D eigenvalue weighted by Crippen LogP contribution is -2.29. The minimum Gasteiger partial charge on any atom is -0.474 e. The lowest BCUT2D eigenvalue weighted by Gasteiger charge is -2.31. The Morgan fingerprint density at radius 2 is 2.17 bits per heavy atom. The molecule has 3 heteroatoms. The van der Waals surface area contributed by atoms with E-state index in [2.05, 4.69) is 24.1 Å². The zero-order valence-electron chi connectivity index (χ0n) is 11.6. The SMILES string of the molecule is CNCc1ccnc(OC2CCC(C)C(C)C2)c1. The van der Waals surface area contributed by atoms with Crippen LogP contribution in [0.25, 0.3) is 0 Å². The molecule has 1 aromatic heterocycles. The molecule has 0 saturated heterocycles. The molecule has 18 heavy (non-hydrogen) atoms. The fourth-order valence-corrected chi connectivity index (χ4v) is 2.60. The van der Waals surface area contributed by atoms with Crippen LogP contribution in [0.15, 0.2) is 18.3 Å². The van der Waals surface area contributed by atoms with Gasteiger partial charge in [-0.3, -0.25) is 0 Å². The Kier molecular flexibility index (Phi) is 4.59. The zero-order chi connectivity index (χ0) is 13.0. The van der Waals surface area contributed by atoms with Crippen molar-refractivity contribution in [3.63, 3.8) is 0 Å². The number of pyridine rings is 1. The molecule has 1 aromatic rings. The second kappa shape index (κ2) is 6.19. The van der Waals surface area contributed by atoms with Crippen molar-refractivity contribution >= 4 is 0 Å². The van der Waals surface area contributed by atoms with Crippen molar-refractivity contribution in [1.29, 1.82) is 0 Å². The van der Waals surface area contributed by atoms with Crippen molar-refractivity contribution in [1.82, 2.24) is 10.3 Å². The van der Waals surface area contributed by atoms with Gasteiger partial charge in [-0.25, -0.2) is 4.98 Å². The first kappa shape index (κ1) is 13.3. The summed E-state index contributed by atoms with van der Waals surface area (Å²) in [4.78, 5) is 4.31. The first-order valence-electron chi connectivity index (χ1n) is 6.95. The van der Waals surface area contributed by atoms with E-state index in [0.717, 1.165) is 37.1 Å². The van der Waals surface area contributed by atoms with Gasteiger partial charge in [0.05, 0.1) is 0 Å². The fourth-order valence-electron chi connectivity index (χ4n) is 2.60. The van der Waals surface area contributed by atoms with Crippen LogP contribution in [0, 0.1) is 11.8 Å². The molecule has 3 unspecified atom stereocenters. The maximum absolute atomic E-state index is 6.02. The molecule has 1 aliphatic carbocycles. The average molecular weight is 248 g/mol. The van der Waals surface area contributed by atoms with Crippen LogP contribution in [-0.4, -0.2) is 18.1 Å². The van der Waals surface area contributed by atoms with Gasteiger partial charge in [0, 0.05) is 18.8 Å². The van der Waals surface area contributed by atoms with Crippen molar-refractivity contribution in [3.05, 3.63) is 23.9 Å². The number of hydrogen-bond donors (Lipinski definition) is 1. The fraction of sp³-hybridized carbons (Fsp3) is 0.667. The maximum Gasteiger partial charge on any atom is 0.213 e. The van der Waals surface area contributed by atoms with Crippen LogP contribution in [0.1, 0.15) is 38.7 Å². The van der Waals surface area contributed by atoms with Crippen molar-refractivity contribution < 1.29 is 4.74 Å². The maximum atomic E-state index is 6.02. The molecular formula is C15H24N2O. The van der Waals surface area contributed by atoms with E-state index >= 15 is 0 Å². The predicted molar refractivity (Wildman–Crippen MR) is 73.6 cm³/mol. The van der Waals surface area contributed by atoms with E-state index in [4.69, 9.17) is 4.74 Å². The Hall–Kier alpha value is -1.09. The zero-order valence-corrected chi connectivity index (χ0v) is 11.6. The molecule has 2 rings (SSSR count). The molecular weight excluding hydrogens is 224 g/mol. The van der Waals surface area contributed by atoms with Crippen LogP contribution in [0.3, 0.4) is 0 Å². The van der Waals surface area contributed by atoms with Gasteiger partial charge in [0.2, 0.25) is 5.88 Å². The van der Waals surface area contributed by atoms with Crippen molar-refractivity contribution in [2.24, 2.45) is 11.8 Å². The Bertz CT molecular complexity index is 381. The molecule has 100 valence electrons. The summed E-state index contributed by atoms with van der Waals surface area (Å²) in [6.45, 7) is 5.52. The molecule has 0 radical (unpaired) electrons. The van der Waals surface area contributed by atoms with Crippen LogP contribution in [0.5, 0.6) is 5.88 Å². The van der Waals surface area contributed by atoms with E-state index in [0.29, 0.717) is 6.10 Å². The van der Waals surface area contributed by atoms with Crippen molar-refractivity contribution in [2.75, 3.05) is 7.05 Å². The Morgan fingerprint density at radius 3 is 2.89 bits per heavy atom. The molecule has 0 bridgehead atoms. The number of ether oxygens (including phenoxy) is 1. The van der Waals surface area contributed by atoms with Gasteiger partial charge in [0.15, 0.2) is 0 Å². The first-order chi connectivity index (χ1) is 8.69. The minimum absolute atomic E-state index is 0.341. The third kappa shape index (κ3) is 3.45. The Morgan fingerprint density at radius 1 is 1.33 bits per heavy atom. The van der Waals surface area contributed by atoms with Gasteiger partial charge >= 0.3 is 0 Å². The van der Waals surface area contributed by atoms with Crippen LogP contribution in [-0.2, 0) is 6.54 Å². The molecule has 1 N–H and O–H groups in total. The van der Waals surface area contributed by atoms with Gasteiger partial charge in [0.1, 0.15) is 6.10 Å². The quantitative estimate of drug-likeness (QED) is 0.889. The Labute approximate surface area is 110 Å². The van der Waals surface area contributed by atoms with Crippen molar-refractivity contribution in [3.8, 4) is 5.88 Å². The number of rotatable bonds is 4. The van der Waals surface area contributed by atoms with E-state index in [-0.39, 0.29) is 0 Å². The molecule has 1 heterocycles. The lowest BCUT2D eigenvalue weighted by molar-refractivity contribution is 0.0964. The highest BCUT2D eigenvalue weighted by Gasteiger charge is 2.25. The van der Waals surface area contributed by atoms with Crippen LogP contribution in [0.4, 0.5) is 0 Å². The summed E-state index contributed by atoms with van der Waals surface area (Å²) in [6, 6.07) is 4.06. The molecule has 1 fully saturated rings. The van der Waals surface area contributed by atoms with E-state index < -0.39 is 0 Å². The number of nitrogens with zero attached hydrogens (tertiary/aromatic N) is 1.